The molecule has 0 amide bonds. The van der Waals surface area contributed by atoms with E-state index in [4.69, 9.17) is 4.74 Å². The molecule has 0 heterocycles. The molecule has 0 aliphatic rings. The Morgan fingerprint density at radius 1 is 1.35 bits per heavy atom. The van der Waals surface area contributed by atoms with E-state index in [1.807, 2.05) is 0 Å². The maximum absolute atomic E-state index is 12.0. The number of para-hydroxylation sites is 1. The Hall–Kier alpha value is -2.36. The molecule has 88 valence electrons. The largest absolute Gasteiger partial charge is 0.507 e. The van der Waals surface area contributed by atoms with Crippen LogP contribution in [0.3, 0.4) is 0 Å². The summed E-state index contributed by atoms with van der Waals surface area (Å²) in [6, 6.07) is 6.17. The third-order valence-corrected chi connectivity index (χ3v) is 2.01. The van der Waals surface area contributed by atoms with Crippen molar-refractivity contribution in [3.05, 3.63) is 53.8 Å². The van der Waals surface area contributed by atoms with E-state index in [9.17, 15) is 14.7 Å². The first kappa shape index (κ1) is 12.7. The van der Waals surface area contributed by atoms with Crippen LogP contribution in [0.25, 0.3) is 0 Å². The van der Waals surface area contributed by atoms with Gasteiger partial charge >= 0.3 is 0 Å². The second-order valence-corrected chi connectivity index (χ2v) is 3.15. The summed E-state index contributed by atoms with van der Waals surface area (Å²) in [7, 11) is 1.40. The summed E-state index contributed by atoms with van der Waals surface area (Å²) in [5, 5.41) is 9.54. The number of allylic oxidation sites excluding steroid dienone is 3. The fraction of sp³-hybridized carbons (Fsp3) is 0.0769. The molecule has 0 saturated carbocycles. The molecule has 4 heteroatoms. The van der Waals surface area contributed by atoms with E-state index in [2.05, 4.69) is 0 Å². The van der Waals surface area contributed by atoms with Gasteiger partial charge in [-0.25, -0.2) is 0 Å². The average Bonchev–Trinajstić information content (AvgIpc) is 2.34. The van der Waals surface area contributed by atoms with Gasteiger partial charge in [-0.3, -0.25) is 9.59 Å². The molecule has 0 bridgehead atoms. The molecule has 0 aromatic heterocycles. The number of ketones is 1. The van der Waals surface area contributed by atoms with Gasteiger partial charge < -0.3 is 9.84 Å². The maximum atomic E-state index is 12.0. The number of ether oxygens (including phenoxy) is 1. The molecule has 1 N–H and O–H groups in total. The van der Waals surface area contributed by atoms with E-state index in [1.54, 1.807) is 12.1 Å². The Bertz CT molecular complexity index is 472. The number of aromatic hydroxyl groups is 1. The van der Waals surface area contributed by atoms with Gasteiger partial charge in [-0.15, -0.1) is 0 Å². The van der Waals surface area contributed by atoms with Crippen LogP contribution in [0.1, 0.15) is 10.4 Å². The lowest BCUT2D eigenvalue weighted by molar-refractivity contribution is -0.104. The first-order chi connectivity index (χ1) is 8.20. The minimum atomic E-state index is -0.414. The topological polar surface area (TPSA) is 63.6 Å². The third-order valence-electron chi connectivity index (χ3n) is 2.01. The number of methoxy groups -OCH3 is 1. The van der Waals surface area contributed by atoms with Crippen LogP contribution in [0, 0.1) is 0 Å². The van der Waals surface area contributed by atoms with Crippen molar-refractivity contribution in [3.63, 3.8) is 0 Å². The highest BCUT2D eigenvalue weighted by atomic mass is 16.5. The minimum Gasteiger partial charge on any atom is -0.507 e. The molecule has 0 aliphatic heterocycles. The van der Waals surface area contributed by atoms with Gasteiger partial charge in [0.15, 0.2) is 5.78 Å². The number of hydrogen-bond donors (Lipinski definition) is 1. The van der Waals surface area contributed by atoms with Crippen LogP contribution in [0.2, 0.25) is 0 Å². The van der Waals surface area contributed by atoms with Gasteiger partial charge in [0.1, 0.15) is 12.0 Å². The van der Waals surface area contributed by atoms with E-state index in [0.29, 0.717) is 6.29 Å². The van der Waals surface area contributed by atoms with Gasteiger partial charge in [0.25, 0.3) is 0 Å². The van der Waals surface area contributed by atoms with E-state index >= 15 is 0 Å². The molecular weight excluding hydrogens is 220 g/mol. The molecule has 1 aromatic carbocycles. The van der Waals surface area contributed by atoms with Crippen molar-refractivity contribution in [3.8, 4) is 5.75 Å². The summed E-state index contributed by atoms with van der Waals surface area (Å²) in [6.45, 7) is 0. The number of rotatable bonds is 5. The first-order valence-corrected chi connectivity index (χ1v) is 4.88. The van der Waals surface area contributed by atoms with Crippen molar-refractivity contribution in [2.75, 3.05) is 7.11 Å². The lowest BCUT2D eigenvalue weighted by Crippen LogP contribution is -2.02. The molecule has 0 aliphatic carbocycles. The number of aldehydes is 1. The molecule has 17 heavy (non-hydrogen) atoms. The normalized spacial score (nSPS) is 11.5. The number of hydrogen-bond acceptors (Lipinski definition) is 4. The summed E-state index contributed by atoms with van der Waals surface area (Å²) < 4.78 is 4.75. The van der Waals surface area contributed by atoms with E-state index in [0.717, 1.165) is 0 Å². The van der Waals surface area contributed by atoms with Gasteiger partial charge in [-0.2, -0.15) is 0 Å². The predicted octanol–water partition coefficient (Wildman–Crippen LogP) is 1.86. The van der Waals surface area contributed by atoms with Crippen LogP contribution in [-0.2, 0) is 9.53 Å². The van der Waals surface area contributed by atoms with Crippen LogP contribution in [0.15, 0.2) is 48.3 Å². The van der Waals surface area contributed by atoms with Crippen LogP contribution < -0.4 is 0 Å². The summed E-state index contributed by atoms with van der Waals surface area (Å²) in [6.07, 6.45) is 4.28. The number of benzene rings is 1. The van der Waals surface area contributed by atoms with Crippen LogP contribution in [-0.4, -0.2) is 24.3 Å². The number of carbonyl (C=O) groups excluding carboxylic acids is 2. The molecule has 4 nitrogen and oxygen atoms in total. The van der Waals surface area contributed by atoms with Crippen molar-refractivity contribution in [1.29, 1.82) is 0 Å². The lowest BCUT2D eigenvalue weighted by atomic mass is 10.0. The number of carbonyl (C=O) groups is 2. The number of phenols is 1. The SMILES string of the molecule is CO/C=C(/C=C/C=O)C(=O)c1ccccc1O. The summed E-state index contributed by atoms with van der Waals surface area (Å²) in [5.74, 6) is -0.526. The van der Waals surface area contributed by atoms with Gasteiger partial charge in [0, 0.05) is 0 Å². The molecular formula is C13H12O4. The highest BCUT2D eigenvalue weighted by Gasteiger charge is 2.13. The van der Waals surface area contributed by atoms with Crippen molar-refractivity contribution in [1.82, 2.24) is 0 Å². The van der Waals surface area contributed by atoms with Crippen molar-refractivity contribution in [2.24, 2.45) is 0 Å². The third kappa shape index (κ3) is 3.31. The zero-order chi connectivity index (χ0) is 12.7. The molecule has 0 saturated heterocycles. The van der Waals surface area contributed by atoms with E-state index in [1.165, 1.54) is 37.7 Å². The Balaban J connectivity index is 3.09. The maximum Gasteiger partial charge on any atom is 0.199 e. The molecule has 0 fully saturated rings. The number of Topliss-reactive ketones (excluding diaryl/α,β-unsaturated/α-hetero) is 1. The summed E-state index contributed by atoms with van der Waals surface area (Å²) in [5.41, 5.74) is 0.340. The Kier molecular flexibility index (Phi) is 4.69. The highest BCUT2D eigenvalue weighted by Crippen LogP contribution is 2.20. The Morgan fingerprint density at radius 3 is 2.65 bits per heavy atom. The van der Waals surface area contributed by atoms with Crippen molar-refractivity contribution in [2.45, 2.75) is 0 Å². The zero-order valence-corrected chi connectivity index (χ0v) is 9.29. The monoisotopic (exact) mass is 232 g/mol. The van der Waals surface area contributed by atoms with Crippen LogP contribution in [0.4, 0.5) is 0 Å². The second kappa shape index (κ2) is 6.27. The van der Waals surface area contributed by atoms with Crippen LogP contribution in [0.5, 0.6) is 5.75 Å². The van der Waals surface area contributed by atoms with E-state index in [-0.39, 0.29) is 16.9 Å². The van der Waals surface area contributed by atoms with Gasteiger partial charge in [-0.1, -0.05) is 12.1 Å². The fourth-order valence-electron chi connectivity index (χ4n) is 1.26. The van der Waals surface area contributed by atoms with Gasteiger partial charge in [-0.05, 0) is 24.3 Å². The van der Waals surface area contributed by atoms with Gasteiger partial charge in [0.05, 0.1) is 24.5 Å². The quantitative estimate of drug-likeness (QED) is 0.277. The van der Waals surface area contributed by atoms with E-state index < -0.39 is 5.78 Å². The Morgan fingerprint density at radius 2 is 2.06 bits per heavy atom. The zero-order valence-electron chi connectivity index (χ0n) is 9.29. The predicted molar refractivity (Wildman–Crippen MR) is 62.7 cm³/mol. The molecule has 0 unspecified atom stereocenters. The average molecular weight is 232 g/mol. The molecule has 0 atom stereocenters. The van der Waals surface area contributed by atoms with Crippen molar-refractivity contribution < 1.29 is 19.4 Å². The smallest absolute Gasteiger partial charge is 0.199 e. The molecule has 1 rings (SSSR count). The molecule has 0 spiro atoms. The summed E-state index contributed by atoms with van der Waals surface area (Å²) in [4.78, 5) is 22.2. The number of phenolic OH excluding ortho intramolecular Hbond substituents is 1. The Labute approximate surface area is 98.8 Å². The minimum absolute atomic E-state index is 0.112. The lowest BCUT2D eigenvalue weighted by Gasteiger charge is -2.03. The molecule has 1 aromatic rings. The summed E-state index contributed by atoms with van der Waals surface area (Å²) >= 11 is 0. The highest BCUT2D eigenvalue weighted by molar-refractivity contribution is 6.12. The first-order valence-electron chi connectivity index (χ1n) is 4.88. The second-order valence-electron chi connectivity index (χ2n) is 3.15. The van der Waals surface area contributed by atoms with Crippen molar-refractivity contribution >= 4 is 12.1 Å². The molecule has 0 radical (unpaired) electrons. The fourth-order valence-corrected chi connectivity index (χ4v) is 1.26. The standard InChI is InChI=1S/C13H12O4/c1-17-9-10(5-4-8-14)13(16)11-6-2-3-7-12(11)15/h2-9,15H,1H3/b5-4+,10-9-. The van der Waals surface area contributed by atoms with Crippen LogP contribution >= 0.6 is 0 Å². The van der Waals surface area contributed by atoms with Gasteiger partial charge in [0.2, 0.25) is 0 Å².